The highest BCUT2D eigenvalue weighted by Gasteiger charge is 2.28. The fourth-order valence-corrected chi connectivity index (χ4v) is 2.07. The number of carboxylic acid groups (broad SMARTS) is 1. The lowest BCUT2D eigenvalue weighted by Gasteiger charge is -2.25. The van der Waals surface area contributed by atoms with Crippen molar-refractivity contribution in [3.8, 4) is 0 Å². The number of rotatable bonds is 10. The van der Waals surface area contributed by atoms with E-state index in [0.717, 1.165) is 32.5 Å². The van der Waals surface area contributed by atoms with Crippen LogP contribution in [0.1, 0.15) is 46.5 Å². The predicted octanol–water partition coefficient (Wildman–Crippen LogP) is 1.95. The van der Waals surface area contributed by atoms with Gasteiger partial charge in [0.05, 0.1) is 0 Å². The third kappa shape index (κ3) is 5.83. The summed E-state index contributed by atoms with van der Waals surface area (Å²) >= 11 is 0. The molecule has 0 aliphatic heterocycles. The molecule has 2 atom stereocenters. The highest BCUT2D eigenvalue weighted by molar-refractivity contribution is 5.73. The minimum Gasteiger partial charge on any atom is -0.480 e. The Morgan fingerprint density at radius 1 is 1.44 bits per heavy atom. The van der Waals surface area contributed by atoms with E-state index < -0.39 is 5.97 Å². The SMILES string of the molecule is CCC(C)CN(CC)CCC(NC1CC1)C(=O)O. The minimum atomic E-state index is -0.707. The van der Waals surface area contributed by atoms with Crippen LogP contribution >= 0.6 is 0 Å². The third-order valence-corrected chi connectivity index (χ3v) is 3.76. The topological polar surface area (TPSA) is 52.6 Å². The number of nitrogens with zero attached hydrogens (tertiary/aromatic N) is 1. The van der Waals surface area contributed by atoms with Crippen molar-refractivity contribution in [3.05, 3.63) is 0 Å². The highest BCUT2D eigenvalue weighted by Crippen LogP contribution is 2.20. The Morgan fingerprint density at radius 2 is 2.11 bits per heavy atom. The first-order valence-electron chi connectivity index (χ1n) is 7.28. The van der Waals surface area contributed by atoms with Crippen LogP contribution in [0.5, 0.6) is 0 Å². The third-order valence-electron chi connectivity index (χ3n) is 3.76. The van der Waals surface area contributed by atoms with Gasteiger partial charge in [-0.15, -0.1) is 0 Å². The summed E-state index contributed by atoms with van der Waals surface area (Å²) in [6.07, 6.45) is 4.15. The molecule has 0 aromatic heterocycles. The summed E-state index contributed by atoms with van der Waals surface area (Å²) in [7, 11) is 0. The molecular weight excluding hydrogens is 228 g/mol. The van der Waals surface area contributed by atoms with E-state index in [2.05, 4.69) is 31.0 Å². The van der Waals surface area contributed by atoms with Crippen LogP contribution in [0.2, 0.25) is 0 Å². The monoisotopic (exact) mass is 256 g/mol. The van der Waals surface area contributed by atoms with Gasteiger partial charge in [-0.3, -0.25) is 4.79 Å². The van der Waals surface area contributed by atoms with Crippen LogP contribution in [0, 0.1) is 5.92 Å². The van der Waals surface area contributed by atoms with Crippen LogP contribution in [-0.4, -0.2) is 47.7 Å². The first-order chi connectivity index (χ1) is 8.56. The van der Waals surface area contributed by atoms with Gasteiger partial charge in [-0.1, -0.05) is 27.2 Å². The van der Waals surface area contributed by atoms with E-state index in [1.807, 2.05) is 0 Å². The molecule has 0 heterocycles. The molecule has 1 rings (SSSR count). The van der Waals surface area contributed by atoms with E-state index in [4.69, 9.17) is 0 Å². The standard InChI is InChI=1S/C14H28N2O2/c1-4-11(3)10-16(5-2)9-8-13(14(17)18)15-12-6-7-12/h11-13,15H,4-10H2,1-3H3,(H,17,18). The summed E-state index contributed by atoms with van der Waals surface area (Å²) in [6.45, 7) is 9.54. The van der Waals surface area contributed by atoms with Crippen molar-refractivity contribution in [1.29, 1.82) is 0 Å². The summed E-state index contributed by atoms with van der Waals surface area (Å²) in [6, 6.07) is 0.0826. The summed E-state index contributed by atoms with van der Waals surface area (Å²) in [5, 5.41) is 12.4. The molecule has 4 heteroatoms. The molecule has 0 bridgehead atoms. The molecule has 1 aliphatic carbocycles. The number of nitrogens with one attached hydrogen (secondary N) is 1. The summed E-state index contributed by atoms with van der Waals surface area (Å²) in [5.74, 6) is -0.0221. The van der Waals surface area contributed by atoms with Crippen LogP contribution in [0.25, 0.3) is 0 Å². The number of carbonyl (C=O) groups is 1. The van der Waals surface area contributed by atoms with Gasteiger partial charge in [-0.05, 0) is 31.7 Å². The molecule has 0 saturated heterocycles. The number of aliphatic carboxylic acids is 1. The molecule has 2 unspecified atom stereocenters. The first kappa shape index (κ1) is 15.4. The lowest BCUT2D eigenvalue weighted by Crippen LogP contribution is -2.41. The second-order valence-corrected chi connectivity index (χ2v) is 5.53. The van der Waals surface area contributed by atoms with Gasteiger partial charge in [0.25, 0.3) is 0 Å². The van der Waals surface area contributed by atoms with Crippen molar-refractivity contribution in [1.82, 2.24) is 10.2 Å². The van der Waals surface area contributed by atoms with Gasteiger partial charge in [-0.2, -0.15) is 0 Å². The van der Waals surface area contributed by atoms with Gasteiger partial charge >= 0.3 is 5.97 Å². The molecule has 1 fully saturated rings. The van der Waals surface area contributed by atoms with Crippen molar-refractivity contribution in [2.45, 2.75) is 58.5 Å². The van der Waals surface area contributed by atoms with Gasteiger partial charge in [0.2, 0.25) is 0 Å². The van der Waals surface area contributed by atoms with Crippen LogP contribution in [-0.2, 0) is 4.79 Å². The van der Waals surface area contributed by atoms with Crippen LogP contribution in [0.15, 0.2) is 0 Å². The fraction of sp³-hybridized carbons (Fsp3) is 0.929. The van der Waals surface area contributed by atoms with Crippen molar-refractivity contribution >= 4 is 5.97 Å². The molecule has 106 valence electrons. The second-order valence-electron chi connectivity index (χ2n) is 5.53. The van der Waals surface area contributed by atoms with E-state index >= 15 is 0 Å². The Balaban J connectivity index is 2.31. The summed E-state index contributed by atoms with van der Waals surface area (Å²) < 4.78 is 0. The first-order valence-corrected chi connectivity index (χ1v) is 7.28. The lowest BCUT2D eigenvalue weighted by atomic mass is 10.1. The van der Waals surface area contributed by atoms with Crippen LogP contribution in [0.4, 0.5) is 0 Å². The molecule has 0 aromatic carbocycles. The molecule has 4 nitrogen and oxygen atoms in total. The van der Waals surface area contributed by atoms with Gasteiger partial charge in [-0.25, -0.2) is 0 Å². The van der Waals surface area contributed by atoms with E-state index in [1.54, 1.807) is 0 Å². The molecule has 18 heavy (non-hydrogen) atoms. The zero-order valence-electron chi connectivity index (χ0n) is 12.0. The minimum absolute atomic E-state index is 0.372. The molecule has 0 amide bonds. The van der Waals surface area contributed by atoms with Gasteiger partial charge in [0.1, 0.15) is 6.04 Å². The average Bonchev–Trinajstić information content (AvgIpc) is 3.15. The lowest BCUT2D eigenvalue weighted by molar-refractivity contribution is -0.139. The predicted molar refractivity (Wildman–Crippen MR) is 73.8 cm³/mol. The smallest absolute Gasteiger partial charge is 0.320 e. The Hall–Kier alpha value is -0.610. The van der Waals surface area contributed by atoms with Crippen molar-refractivity contribution in [2.24, 2.45) is 5.92 Å². The van der Waals surface area contributed by atoms with E-state index in [1.165, 1.54) is 6.42 Å². The number of carboxylic acids is 1. The summed E-state index contributed by atoms with van der Waals surface area (Å²) in [5.41, 5.74) is 0. The maximum Gasteiger partial charge on any atom is 0.320 e. The van der Waals surface area contributed by atoms with Crippen LogP contribution in [0.3, 0.4) is 0 Å². The Labute approximate surface area is 111 Å². The number of hydrogen-bond donors (Lipinski definition) is 2. The van der Waals surface area contributed by atoms with Crippen LogP contribution < -0.4 is 5.32 Å². The van der Waals surface area contributed by atoms with Gasteiger partial charge < -0.3 is 15.3 Å². The van der Waals surface area contributed by atoms with E-state index in [9.17, 15) is 9.90 Å². The van der Waals surface area contributed by atoms with Gasteiger partial charge in [0, 0.05) is 19.1 Å². The van der Waals surface area contributed by atoms with Crippen molar-refractivity contribution in [3.63, 3.8) is 0 Å². The normalized spacial score (nSPS) is 18.9. The Morgan fingerprint density at radius 3 is 2.56 bits per heavy atom. The highest BCUT2D eigenvalue weighted by atomic mass is 16.4. The fourth-order valence-electron chi connectivity index (χ4n) is 2.07. The van der Waals surface area contributed by atoms with Crippen molar-refractivity contribution < 1.29 is 9.90 Å². The largest absolute Gasteiger partial charge is 0.480 e. The molecule has 0 aromatic rings. The zero-order valence-corrected chi connectivity index (χ0v) is 12.0. The molecule has 0 radical (unpaired) electrons. The Kier molecular flexibility index (Phi) is 6.65. The average molecular weight is 256 g/mol. The molecule has 1 saturated carbocycles. The molecule has 2 N–H and O–H groups in total. The molecular formula is C14H28N2O2. The maximum absolute atomic E-state index is 11.2. The quantitative estimate of drug-likeness (QED) is 0.627. The number of hydrogen-bond acceptors (Lipinski definition) is 3. The maximum atomic E-state index is 11.2. The molecule has 1 aliphatic rings. The molecule has 0 spiro atoms. The van der Waals surface area contributed by atoms with Gasteiger partial charge in [0.15, 0.2) is 0 Å². The Bertz CT molecular complexity index is 254. The zero-order chi connectivity index (χ0) is 13.5. The van der Waals surface area contributed by atoms with E-state index in [-0.39, 0.29) is 6.04 Å². The summed E-state index contributed by atoms with van der Waals surface area (Å²) in [4.78, 5) is 13.5. The van der Waals surface area contributed by atoms with E-state index in [0.29, 0.717) is 18.4 Å². The second kappa shape index (κ2) is 7.74. The van der Waals surface area contributed by atoms with Crippen molar-refractivity contribution in [2.75, 3.05) is 19.6 Å².